The second-order valence-corrected chi connectivity index (χ2v) is 5.99. The molecule has 0 bridgehead atoms. The number of rotatable bonds is 6. The number of benzene rings is 1. The molecule has 1 amide bonds. The molecule has 1 aliphatic rings. The van der Waals surface area contributed by atoms with Crippen LogP contribution in [0.25, 0.3) is 0 Å². The van der Waals surface area contributed by atoms with Crippen molar-refractivity contribution in [3.63, 3.8) is 0 Å². The van der Waals surface area contributed by atoms with E-state index < -0.39 is 0 Å². The van der Waals surface area contributed by atoms with E-state index in [9.17, 15) is 4.79 Å². The molecule has 24 heavy (non-hydrogen) atoms. The Labute approximate surface area is 142 Å². The highest BCUT2D eigenvalue weighted by molar-refractivity contribution is 5.94. The molecule has 2 heterocycles. The van der Waals surface area contributed by atoms with Crippen molar-refractivity contribution < 1.29 is 9.53 Å². The maximum Gasteiger partial charge on any atom is 0.254 e. The quantitative estimate of drug-likeness (QED) is 0.886. The fourth-order valence-corrected chi connectivity index (χ4v) is 3.05. The molecule has 0 radical (unpaired) electrons. The number of hydrogen-bond donors (Lipinski definition) is 1. The van der Waals surface area contributed by atoms with Gasteiger partial charge in [0, 0.05) is 30.9 Å². The van der Waals surface area contributed by atoms with E-state index in [0.29, 0.717) is 18.2 Å². The van der Waals surface area contributed by atoms with Crippen LogP contribution in [0.15, 0.2) is 48.7 Å². The first-order valence-electron chi connectivity index (χ1n) is 8.36. The third-order valence-electron chi connectivity index (χ3n) is 4.29. The van der Waals surface area contributed by atoms with Gasteiger partial charge in [-0.2, -0.15) is 0 Å². The number of pyridine rings is 1. The van der Waals surface area contributed by atoms with Gasteiger partial charge < -0.3 is 15.0 Å². The molecule has 126 valence electrons. The monoisotopic (exact) mass is 325 g/mol. The number of ether oxygens (including phenoxy) is 1. The fourth-order valence-electron chi connectivity index (χ4n) is 3.05. The van der Waals surface area contributed by atoms with Crippen molar-refractivity contribution in [3.8, 4) is 5.75 Å². The molecule has 1 atom stereocenters. The summed E-state index contributed by atoms with van der Waals surface area (Å²) >= 11 is 0. The number of carbonyl (C=O) groups is 1. The number of carbonyl (C=O) groups excluding carboxylic acids is 1. The van der Waals surface area contributed by atoms with Crippen LogP contribution in [0.3, 0.4) is 0 Å². The molecule has 1 aromatic heterocycles. The molecular formula is C19H23N3O2. The van der Waals surface area contributed by atoms with Gasteiger partial charge >= 0.3 is 0 Å². The first-order chi connectivity index (χ1) is 11.8. The summed E-state index contributed by atoms with van der Waals surface area (Å²) in [5, 5.41) is 3.17. The predicted molar refractivity (Wildman–Crippen MR) is 93.0 cm³/mol. The van der Waals surface area contributed by atoms with Crippen LogP contribution in [0.2, 0.25) is 0 Å². The standard InChI is InChI=1S/C19H23N3O2/c1-20-13-17-6-4-12-22(17)19(23)15-7-9-18(10-8-15)24-14-16-5-2-3-11-21-16/h2-3,5,7-11,17,20H,4,6,12-14H2,1H3. The third-order valence-corrected chi connectivity index (χ3v) is 4.29. The van der Waals surface area contributed by atoms with Crippen LogP contribution in [0.5, 0.6) is 5.75 Å². The second-order valence-electron chi connectivity index (χ2n) is 5.99. The lowest BCUT2D eigenvalue weighted by molar-refractivity contribution is 0.0737. The molecule has 0 saturated carbocycles. The summed E-state index contributed by atoms with van der Waals surface area (Å²) in [4.78, 5) is 18.9. The second kappa shape index (κ2) is 7.93. The lowest BCUT2D eigenvalue weighted by Crippen LogP contribution is -2.40. The summed E-state index contributed by atoms with van der Waals surface area (Å²) < 4.78 is 5.71. The summed E-state index contributed by atoms with van der Waals surface area (Å²) in [6, 6.07) is 13.4. The average Bonchev–Trinajstić information content (AvgIpc) is 3.09. The normalized spacial score (nSPS) is 17.0. The van der Waals surface area contributed by atoms with Gasteiger partial charge in [-0.15, -0.1) is 0 Å². The predicted octanol–water partition coefficient (Wildman–Crippen LogP) is 2.48. The molecule has 2 aromatic rings. The van der Waals surface area contributed by atoms with Gasteiger partial charge in [-0.05, 0) is 56.3 Å². The van der Waals surface area contributed by atoms with Gasteiger partial charge in [-0.25, -0.2) is 0 Å². The minimum absolute atomic E-state index is 0.101. The summed E-state index contributed by atoms with van der Waals surface area (Å²) in [6.45, 7) is 2.10. The van der Waals surface area contributed by atoms with E-state index in [1.54, 1.807) is 6.20 Å². The lowest BCUT2D eigenvalue weighted by atomic mass is 10.1. The van der Waals surface area contributed by atoms with Gasteiger partial charge in [0.1, 0.15) is 12.4 Å². The average molecular weight is 325 g/mol. The van der Waals surface area contributed by atoms with Gasteiger partial charge in [-0.1, -0.05) is 6.07 Å². The van der Waals surface area contributed by atoms with E-state index in [-0.39, 0.29) is 5.91 Å². The van der Waals surface area contributed by atoms with Crippen molar-refractivity contribution >= 4 is 5.91 Å². The van der Waals surface area contributed by atoms with Gasteiger partial charge in [0.15, 0.2) is 0 Å². The first-order valence-corrected chi connectivity index (χ1v) is 8.36. The fraction of sp³-hybridized carbons (Fsp3) is 0.368. The van der Waals surface area contributed by atoms with Crippen LogP contribution in [-0.2, 0) is 6.61 Å². The highest BCUT2D eigenvalue weighted by Crippen LogP contribution is 2.21. The zero-order chi connectivity index (χ0) is 16.8. The molecule has 1 aliphatic heterocycles. The number of nitrogens with zero attached hydrogens (tertiary/aromatic N) is 2. The molecule has 5 heteroatoms. The Morgan fingerprint density at radius 2 is 2.12 bits per heavy atom. The number of aromatic nitrogens is 1. The van der Waals surface area contributed by atoms with E-state index >= 15 is 0 Å². The van der Waals surface area contributed by atoms with E-state index in [1.807, 2.05) is 54.4 Å². The van der Waals surface area contributed by atoms with Crippen molar-refractivity contribution in [2.75, 3.05) is 20.1 Å². The van der Waals surface area contributed by atoms with E-state index in [0.717, 1.165) is 37.4 Å². The minimum atomic E-state index is 0.101. The van der Waals surface area contributed by atoms with Gasteiger partial charge in [0.2, 0.25) is 0 Å². The Morgan fingerprint density at radius 3 is 2.83 bits per heavy atom. The van der Waals surface area contributed by atoms with Gasteiger partial charge in [0.05, 0.1) is 5.69 Å². The molecule has 3 rings (SSSR count). The summed E-state index contributed by atoms with van der Waals surface area (Å²) in [5.74, 6) is 0.842. The SMILES string of the molecule is CNCC1CCCN1C(=O)c1ccc(OCc2ccccn2)cc1. The van der Waals surface area contributed by atoms with Crippen molar-refractivity contribution in [3.05, 3.63) is 59.9 Å². The maximum atomic E-state index is 12.7. The molecule has 0 aliphatic carbocycles. The molecule has 5 nitrogen and oxygen atoms in total. The number of likely N-dealkylation sites (tertiary alicyclic amines) is 1. The van der Waals surface area contributed by atoms with Crippen molar-refractivity contribution in [2.24, 2.45) is 0 Å². The van der Waals surface area contributed by atoms with Crippen molar-refractivity contribution in [1.82, 2.24) is 15.2 Å². The Hall–Kier alpha value is -2.40. The Kier molecular flexibility index (Phi) is 5.43. The molecule has 1 unspecified atom stereocenters. The van der Waals surface area contributed by atoms with E-state index in [4.69, 9.17) is 4.74 Å². The van der Waals surface area contributed by atoms with E-state index in [1.165, 1.54) is 0 Å². The zero-order valence-corrected chi connectivity index (χ0v) is 13.9. The summed E-state index contributed by atoms with van der Waals surface area (Å²) in [5.41, 5.74) is 1.59. The van der Waals surface area contributed by atoms with Crippen LogP contribution in [0, 0.1) is 0 Å². The highest BCUT2D eigenvalue weighted by atomic mass is 16.5. The molecule has 1 fully saturated rings. The topological polar surface area (TPSA) is 54.5 Å². The summed E-state index contributed by atoms with van der Waals surface area (Å²) in [7, 11) is 1.93. The molecule has 1 N–H and O–H groups in total. The first kappa shape index (κ1) is 16.5. The smallest absolute Gasteiger partial charge is 0.254 e. The van der Waals surface area contributed by atoms with Crippen LogP contribution in [0.4, 0.5) is 0 Å². The zero-order valence-electron chi connectivity index (χ0n) is 13.9. The number of nitrogens with one attached hydrogen (secondary N) is 1. The Bertz CT molecular complexity index is 658. The molecule has 1 aromatic carbocycles. The number of hydrogen-bond acceptors (Lipinski definition) is 4. The van der Waals surface area contributed by atoms with Crippen LogP contribution in [-0.4, -0.2) is 42.0 Å². The number of amides is 1. The lowest BCUT2D eigenvalue weighted by Gasteiger charge is -2.24. The van der Waals surface area contributed by atoms with Gasteiger partial charge in [-0.3, -0.25) is 9.78 Å². The molecule has 1 saturated heterocycles. The molecular weight excluding hydrogens is 302 g/mol. The summed E-state index contributed by atoms with van der Waals surface area (Å²) in [6.07, 6.45) is 3.89. The number of likely N-dealkylation sites (N-methyl/N-ethyl adjacent to an activating group) is 1. The van der Waals surface area contributed by atoms with Crippen LogP contribution in [0.1, 0.15) is 28.9 Å². The van der Waals surface area contributed by atoms with Crippen molar-refractivity contribution in [2.45, 2.75) is 25.5 Å². The highest BCUT2D eigenvalue weighted by Gasteiger charge is 2.28. The molecule has 0 spiro atoms. The third kappa shape index (κ3) is 3.92. The largest absolute Gasteiger partial charge is 0.487 e. The van der Waals surface area contributed by atoms with E-state index in [2.05, 4.69) is 10.3 Å². The Morgan fingerprint density at radius 1 is 1.29 bits per heavy atom. The van der Waals surface area contributed by atoms with Gasteiger partial charge in [0.25, 0.3) is 5.91 Å². The van der Waals surface area contributed by atoms with Crippen LogP contribution >= 0.6 is 0 Å². The minimum Gasteiger partial charge on any atom is -0.487 e. The maximum absolute atomic E-state index is 12.7. The van der Waals surface area contributed by atoms with Crippen LogP contribution < -0.4 is 10.1 Å². The van der Waals surface area contributed by atoms with Crippen molar-refractivity contribution in [1.29, 1.82) is 0 Å². The Balaban J connectivity index is 1.60.